The molecule has 0 unspecified atom stereocenters. The average molecular weight is 254 g/mol. The topological polar surface area (TPSA) is 61.0 Å². The molecule has 0 radical (unpaired) electrons. The summed E-state index contributed by atoms with van der Waals surface area (Å²) in [6, 6.07) is 4.93. The fourth-order valence-corrected chi connectivity index (χ4v) is 1.99. The van der Waals surface area contributed by atoms with E-state index in [2.05, 4.69) is 4.98 Å². The second kappa shape index (κ2) is 5.14. The fourth-order valence-electron chi connectivity index (χ4n) is 1.80. The minimum absolute atomic E-state index is 0.103. The van der Waals surface area contributed by atoms with Gasteiger partial charge in [-0.15, -0.1) is 11.6 Å². The Morgan fingerprint density at radius 3 is 2.94 bits per heavy atom. The first-order chi connectivity index (χ1) is 8.24. The van der Waals surface area contributed by atoms with E-state index in [1.807, 2.05) is 4.57 Å². The first-order valence-corrected chi connectivity index (χ1v) is 5.91. The van der Waals surface area contributed by atoms with Crippen molar-refractivity contribution in [3.05, 3.63) is 34.6 Å². The van der Waals surface area contributed by atoms with Gasteiger partial charge in [0, 0.05) is 18.5 Å². The van der Waals surface area contributed by atoms with Crippen molar-refractivity contribution in [1.82, 2.24) is 9.55 Å². The van der Waals surface area contributed by atoms with E-state index in [-0.39, 0.29) is 10.6 Å². The Kier molecular flexibility index (Phi) is 3.58. The summed E-state index contributed by atoms with van der Waals surface area (Å²) in [6.07, 6.45) is 3.43. The monoisotopic (exact) mass is 253 g/mol. The normalized spacial score (nSPS) is 10.9. The van der Waals surface area contributed by atoms with Crippen LogP contribution in [-0.4, -0.2) is 20.4 Å². The Balaban J connectivity index is 2.39. The lowest BCUT2D eigenvalue weighted by Gasteiger charge is -2.03. The lowest BCUT2D eigenvalue weighted by atomic mass is 10.2. The molecule has 2 aromatic rings. The summed E-state index contributed by atoms with van der Waals surface area (Å²) in [4.78, 5) is 14.7. The van der Waals surface area contributed by atoms with Gasteiger partial charge in [0.15, 0.2) is 0 Å². The van der Waals surface area contributed by atoms with Gasteiger partial charge in [-0.2, -0.15) is 0 Å². The van der Waals surface area contributed by atoms with Crippen molar-refractivity contribution in [3.63, 3.8) is 0 Å². The molecule has 6 heteroatoms. The molecule has 0 atom stereocenters. The molecule has 0 aliphatic rings. The largest absolute Gasteiger partial charge is 0.325 e. The predicted octanol–water partition coefficient (Wildman–Crippen LogP) is 2.96. The second-order valence-corrected chi connectivity index (χ2v) is 4.11. The van der Waals surface area contributed by atoms with Crippen LogP contribution in [0.1, 0.15) is 12.8 Å². The lowest BCUT2D eigenvalue weighted by molar-refractivity contribution is -0.383. The first-order valence-electron chi connectivity index (χ1n) is 5.38. The van der Waals surface area contributed by atoms with Crippen molar-refractivity contribution >= 4 is 28.3 Å². The number of halogens is 1. The van der Waals surface area contributed by atoms with E-state index in [0.29, 0.717) is 23.5 Å². The van der Waals surface area contributed by atoms with Gasteiger partial charge >= 0.3 is 0 Å². The molecule has 90 valence electrons. The standard InChI is InChI=1S/C11H12ClN3O2/c12-6-1-2-7-14-8-13-9-4-3-5-10(11(9)14)15(16)17/h3-5,8H,1-2,6-7H2. The summed E-state index contributed by atoms with van der Waals surface area (Å²) >= 11 is 5.61. The van der Waals surface area contributed by atoms with Gasteiger partial charge in [-0.25, -0.2) is 4.98 Å². The van der Waals surface area contributed by atoms with Gasteiger partial charge in [0.1, 0.15) is 5.52 Å². The number of nitro groups is 1. The van der Waals surface area contributed by atoms with Gasteiger partial charge in [0.25, 0.3) is 5.69 Å². The molecule has 0 saturated carbocycles. The van der Waals surface area contributed by atoms with Gasteiger partial charge in [-0.05, 0) is 18.9 Å². The highest BCUT2D eigenvalue weighted by molar-refractivity contribution is 6.17. The molecule has 0 N–H and O–H groups in total. The van der Waals surface area contributed by atoms with Gasteiger partial charge in [-0.1, -0.05) is 6.07 Å². The van der Waals surface area contributed by atoms with Crippen LogP contribution < -0.4 is 0 Å². The molecule has 2 rings (SSSR count). The van der Waals surface area contributed by atoms with Gasteiger partial charge < -0.3 is 4.57 Å². The van der Waals surface area contributed by atoms with Crippen LogP contribution in [0.15, 0.2) is 24.5 Å². The Hall–Kier alpha value is -1.62. The van der Waals surface area contributed by atoms with Crippen LogP contribution in [0.25, 0.3) is 11.0 Å². The Morgan fingerprint density at radius 2 is 2.24 bits per heavy atom. The zero-order valence-corrected chi connectivity index (χ0v) is 9.93. The molecule has 1 aromatic heterocycles. The van der Waals surface area contributed by atoms with E-state index in [9.17, 15) is 10.1 Å². The van der Waals surface area contributed by atoms with Crippen molar-refractivity contribution in [2.24, 2.45) is 0 Å². The molecule has 1 aromatic carbocycles. The summed E-state index contributed by atoms with van der Waals surface area (Å²) in [5, 5.41) is 10.9. The number of aryl methyl sites for hydroxylation is 1. The number of nitro benzene ring substituents is 1. The Morgan fingerprint density at radius 1 is 1.41 bits per heavy atom. The number of benzene rings is 1. The van der Waals surface area contributed by atoms with E-state index >= 15 is 0 Å². The molecular weight excluding hydrogens is 242 g/mol. The third kappa shape index (κ3) is 2.39. The van der Waals surface area contributed by atoms with Crippen LogP contribution in [0.2, 0.25) is 0 Å². The Bertz CT molecular complexity index is 538. The first kappa shape index (κ1) is 11.9. The van der Waals surface area contributed by atoms with E-state index in [1.54, 1.807) is 18.5 Å². The average Bonchev–Trinajstić information content (AvgIpc) is 2.73. The molecule has 0 spiro atoms. The van der Waals surface area contributed by atoms with Gasteiger partial charge in [0.2, 0.25) is 0 Å². The molecule has 0 amide bonds. The van der Waals surface area contributed by atoms with Crippen molar-refractivity contribution in [1.29, 1.82) is 0 Å². The molecule has 0 bridgehead atoms. The van der Waals surface area contributed by atoms with Crippen LogP contribution >= 0.6 is 11.6 Å². The van der Waals surface area contributed by atoms with Crippen molar-refractivity contribution in [2.45, 2.75) is 19.4 Å². The van der Waals surface area contributed by atoms with Gasteiger partial charge in [-0.3, -0.25) is 10.1 Å². The van der Waals surface area contributed by atoms with Crippen LogP contribution in [0.5, 0.6) is 0 Å². The molecule has 17 heavy (non-hydrogen) atoms. The highest BCUT2D eigenvalue weighted by Crippen LogP contribution is 2.24. The third-order valence-electron chi connectivity index (χ3n) is 2.60. The van der Waals surface area contributed by atoms with Gasteiger partial charge in [0.05, 0.1) is 16.8 Å². The number of unbranched alkanes of at least 4 members (excludes halogenated alkanes) is 1. The van der Waals surface area contributed by atoms with Crippen LogP contribution in [0.4, 0.5) is 5.69 Å². The highest BCUT2D eigenvalue weighted by Gasteiger charge is 2.15. The van der Waals surface area contributed by atoms with E-state index in [0.717, 1.165) is 12.8 Å². The quantitative estimate of drug-likeness (QED) is 0.356. The van der Waals surface area contributed by atoms with E-state index in [4.69, 9.17) is 11.6 Å². The minimum Gasteiger partial charge on any atom is -0.325 e. The zero-order valence-electron chi connectivity index (χ0n) is 9.17. The molecule has 0 aliphatic carbocycles. The molecule has 5 nitrogen and oxygen atoms in total. The smallest absolute Gasteiger partial charge is 0.295 e. The fraction of sp³-hybridized carbons (Fsp3) is 0.364. The molecular formula is C11H12ClN3O2. The highest BCUT2D eigenvalue weighted by atomic mass is 35.5. The number of aromatic nitrogens is 2. The maximum atomic E-state index is 10.9. The zero-order chi connectivity index (χ0) is 12.3. The lowest BCUT2D eigenvalue weighted by Crippen LogP contribution is -1.99. The van der Waals surface area contributed by atoms with Crippen molar-refractivity contribution < 1.29 is 4.92 Å². The number of fused-ring (bicyclic) bond motifs is 1. The number of hydrogen-bond acceptors (Lipinski definition) is 3. The minimum atomic E-state index is -0.373. The number of nitrogens with zero attached hydrogens (tertiary/aromatic N) is 3. The number of rotatable bonds is 5. The van der Waals surface area contributed by atoms with Crippen LogP contribution in [-0.2, 0) is 6.54 Å². The maximum absolute atomic E-state index is 10.9. The number of alkyl halides is 1. The number of imidazole rings is 1. The SMILES string of the molecule is O=[N+]([O-])c1cccc2ncn(CCCCCl)c12. The van der Waals surface area contributed by atoms with Crippen molar-refractivity contribution in [2.75, 3.05) is 5.88 Å². The van der Waals surface area contributed by atoms with Crippen LogP contribution in [0.3, 0.4) is 0 Å². The van der Waals surface area contributed by atoms with E-state index < -0.39 is 0 Å². The number of non-ortho nitro benzene ring substituents is 1. The second-order valence-electron chi connectivity index (χ2n) is 3.74. The maximum Gasteiger partial charge on any atom is 0.295 e. The summed E-state index contributed by atoms with van der Waals surface area (Å²) in [5.74, 6) is 0.606. The molecule has 0 saturated heterocycles. The number of para-hydroxylation sites is 1. The summed E-state index contributed by atoms with van der Waals surface area (Å²) < 4.78 is 1.82. The summed E-state index contributed by atoms with van der Waals surface area (Å²) in [6.45, 7) is 0.702. The molecule has 0 aliphatic heterocycles. The predicted molar refractivity (Wildman–Crippen MR) is 66.3 cm³/mol. The number of hydrogen-bond donors (Lipinski definition) is 0. The molecule has 1 heterocycles. The molecule has 0 fully saturated rings. The Labute approximate surface area is 103 Å². The van der Waals surface area contributed by atoms with Crippen molar-refractivity contribution in [3.8, 4) is 0 Å². The summed E-state index contributed by atoms with van der Waals surface area (Å²) in [5.41, 5.74) is 1.35. The van der Waals surface area contributed by atoms with E-state index in [1.165, 1.54) is 6.07 Å². The van der Waals surface area contributed by atoms with Crippen LogP contribution in [0, 0.1) is 10.1 Å². The summed E-state index contributed by atoms with van der Waals surface area (Å²) in [7, 11) is 0. The third-order valence-corrected chi connectivity index (χ3v) is 2.86.